The van der Waals surface area contributed by atoms with Crippen LogP contribution < -0.4 is 0 Å². The number of aliphatic hydroxyl groups is 1. The molecule has 7 heteroatoms. The van der Waals surface area contributed by atoms with E-state index < -0.39 is 5.92 Å². The number of carbonyl (C=O) groups is 1. The summed E-state index contributed by atoms with van der Waals surface area (Å²) in [7, 11) is 2.06. The molecule has 25 heavy (non-hydrogen) atoms. The van der Waals surface area contributed by atoms with Gasteiger partial charge < -0.3 is 24.5 Å². The molecular weight excluding hydrogens is 325 g/mol. The van der Waals surface area contributed by atoms with Crippen molar-refractivity contribution in [2.45, 2.75) is 19.4 Å². The topological polar surface area (TPSA) is 56.3 Å². The summed E-state index contributed by atoms with van der Waals surface area (Å²) in [6, 6.07) is 0.0470. The molecule has 0 aromatic rings. The Labute approximate surface area is 146 Å². The number of nitrogens with zero attached hydrogens (tertiary/aromatic N) is 3. The Kier molecular flexibility index (Phi) is 4.08. The van der Waals surface area contributed by atoms with E-state index in [9.17, 15) is 9.90 Å². The van der Waals surface area contributed by atoms with E-state index in [2.05, 4.69) is 11.9 Å². The maximum atomic E-state index is 15.0. The van der Waals surface area contributed by atoms with Crippen molar-refractivity contribution in [3.63, 3.8) is 0 Å². The highest BCUT2D eigenvalue weighted by Crippen LogP contribution is 2.45. The molecule has 2 atom stereocenters. The molecule has 0 saturated carbocycles. The van der Waals surface area contributed by atoms with Crippen LogP contribution in [-0.2, 0) is 9.53 Å². The number of hydrogen-bond donors (Lipinski definition) is 1. The van der Waals surface area contributed by atoms with Gasteiger partial charge in [-0.25, -0.2) is 4.39 Å². The number of aliphatic hydroxyl groups excluding tert-OH is 1. The van der Waals surface area contributed by atoms with Crippen LogP contribution in [0.5, 0.6) is 0 Å². The van der Waals surface area contributed by atoms with Crippen molar-refractivity contribution in [2.75, 3.05) is 46.4 Å². The Morgan fingerprint density at radius 1 is 1.32 bits per heavy atom. The lowest BCUT2D eigenvalue weighted by Gasteiger charge is -2.46. The lowest BCUT2D eigenvalue weighted by atomic mass is 9.82. The average Bonchev–Trinajstić information content (AvgIpc) is 2.60. The van der Waals surface area contributed by atoms with Gasteiger partial charge in [0.15, 0.2) is 11.5 Å². The average molecular weight is 349 g/mol. The van der Waals surface area contributed by atoms with Crippen LogP contribution in [0.2, 0.25) is 0 Å². The predicted molar refractivity (Wildman–Crippen MR) is 89.8 cm³/mol. The zero-order valence-corrected chi connectivity index (χ0v) is 14.7. The quantitative estimate of drug-likeness (QED) is 0.797. The number of halogens is 1. The van der Waals surface area contributed by atoms with E-state index in [0.29, 0.717) is 23.6 Å². The van der Waals surface area contributed by atoms with E-state index in [-0.39, 0.29) is 30.7 Å². The molecule has 1 N–H and O–H groups in total. The van der Waals surface area contributed by atoms with Crippen molar-refractivity contribution in [1.82, 2.24) is 14.7 Å². The molecule has 0 amide bonds. The van der Waals surface area contributed by atoms with Crippen molar-refractivity contribution < 1.29 is 19.0 Å². The summed E-state index contributed by atoms with van der Waals surface area (Å²) in [6.07, 6.45) is 1.76. The van der Waals surface area contributed by atoms with Gasteiger partial charge >= 0.3 is 0 Å². The lowest BCUT2D eigenvalue weighted by Crippen LogP contribution is -2.50. The van der Waals surface area contributed by atoms with Crippen molar-refractivity contribution in [2.24, 2.45) is 5.92 Å². The second-order valence-corrected chi connectivity index (χ2v) is 7.26. The summed E-state index contributed by atoms with van der Waals surface area (Å²) in [5.74, 6) is -0.564. The number of ketones is 1. The predicted octanol–water partition coefficient (Wildman–Crippen LogP) is 0.826. The third-order valence-corrected chi connectivity index (χ3v) is 5.56. The first kappa shape index (κ1) is 16.6. The zero-order chi connectivity index (χ0) is 17.7. The van der Waals surface area contributed by atoms with Crippen LogP contribution in [0.15, 0.2) is 34.8 Å². The van der Waals surface area contributed by atoms with Crippen molar-refractivity contribution in [3.8, 4) is 0 Å². The smallest absolute Gasteiger partial charge is 0.172 e. The van der Waals surface area contributed by atoms with E-state index in [0.717, 1.165) is 31.9 Å². The number of ether oxygens (including phenoxy) is 1. The van der Waals surface area contributed by atoms with Crippen molar-refractivity contribution in [3.05, 3.63) is 34.8 Å². The van der Waals surface area contributed by atoms with Gasteiger partial charge in [0.25, 0.3) is 0 Å². The molecule has 0 spiro atoms. The van der Waals surface area contributed by atoms with E-state index in [1.54, 1.807) is 6.20 Å². The first-order valence-corrected chi connectivity index (χ1v) is 8.84. The normalized spacial score (nSPS) is 30.4. The van der Waals surface area contributed by atoms with E-state index in [1.807, 2.05) is 16.7 Å². The summed E-state index contributed by atoms with van der Waals surface area (Å²) in [5, 5.41) is 9.50. The fourth-order valence-corrected chi connectivity index (χ4v) is 4.07. The second-order valence-electron chi connectivity index (χ2n) is 7.26. The Hall–Kier alpha value is -1.86. The largest absolute Gasteiger partial charge is 0.487 e. The molecule has 6 nitrogen and oxygen atoms in total. The van der Waals surface area contributed by atoms with E-state index >= 15 is 4.39 Å². The number of hydrogen-bond acceptors (Lipinski definition) is 6. The molecule has 1 saturated heterocycles. The fraction of sp³-hybridized carbons (Fsp3) is 0.611. The minimum absolute atomic E-state index is 0.0449. The molecule has 3 heterocycles. The highest BCUT2D eigenvalue weighted by Gasteiger charge is 2.46. The van der Waals surface area contributed by atoms with Gasteiger partial charge in [0.2, 0.25) is 0 Å². The standard InChI is InChI=1S/C18H24FN3O3/c1-11-10-25-18-15-13(17(24)12(9-23)8-22(11)15)7-14(19)16(18)21-5-3-20(2)4-6-21/h8,11,13,23H,3-7,9-10H2,1-2H3. The Balaban J connectivity index is 1.78. The van der Waals surface area contributed by atoms with Crippen molar-refractivity contribution in [1.29, 1.82) is 0 Å². The summed E-state index contributed by atoms with van der Waals surface area (Å²) >= 11 is 0. The molecule has 0 aromatic heterocycles. The van der Waals surface area contributed by atoms with Crippen LogP contribution >= 0.6 is 0 Å². The molecule has 0 bridgehead atoms. The first-order valence-electron chi connectivity index (χ1n) is 8.84. The number of likely N-dealkylation sites (N-methyl/N-ethyl adjacent to an activating group) is 1. The van der Waals surface area contributed by atoms with Gasteiger partial charge in [-0.15, -0.1) is 0 Å². The van der Waals surface area contributed by atoms with Gasteiger partial charge in [-0.3, -0.25) is 4.79 Å². The number of piperazine rings is 1. The Bertz CT molecular complexity index is 692. The SMILES string of the molecule is CC1COC2=C3C(CC(F)=C2N2CCN(C)CC2)C(=O)C(CO)=CN31. The second kappa shape index (κ2) is 6.14. The van der Waals surface area contributed by atoms with Crippen LogP contribution in [0.3, 0.4) is 0 Å². The number of carbonyl (C=O) groups excluding carboxylic acids is 1. The van der Waals surface area contributed by atoms with Crippen LogP contribution in [0, 0.1) is 5.92 Å². The summed E-state index contributed by atoms with van der Waals surface area (Å²) < 4.78 is 21.0. The molecule has 1 aliphatic carbocycles. The monoisotopic (exact) mass is 349 g/mol. The molecule has 1 fully saturated rings. The molecule has 2 unspecified atom stereocenters. The summed E-state index contributed by atoms with van der Waals surface area (Å²) in [6.45, 7) is 5.34. The lowest BCUT2D eigenvalue weighted by molar-refractivity contribution is -0.120. The maximum absolute atomic E-state index is 15.0. The minimum Gasteiger partial charge on any atom is -0.487 e. The molecule has 136 valence electrons. The van der Waals surface area contributed by atoms with Crippen LogP contribution in [-0.4, -0.2) is 78.1 Å². The van der Waals surface area contributed by atoms with Crippen LogP contribution in [0.25, 0.3) is 0 Å². The van der Waals surface area contributed by atoms with Gasteiger partial charge in [0.05, 0.1) is 24.3 Å². The molecule has 0 radical (unpaired) electrons. The third-order valence-electron chi connectivity index (χ3n) is 5.56. The third kappa shape index (κ3) is 2.57. The van der Waals surface area contributed by atoms with E-state index in [4.69, 9.17) is 4.74 Å². The van der Waals surface area contributed by atoms with Crippen LogP contribution in [0.1, 0.15) is 13.3 Å². The summed E-state index contributed by atoms with van der Waals surface area (Å²) in [5.41, 5.74) is 1.62. The zero-order valence-electron chi connectivity index (χ0n) is 14.7. The summed E-state index contributed by atoms with van der Waals surface area (Å²) in [4.78, 5) is 18.9. The highest BCUT2D eigenvalue weighted by atomic mass is 19.1. The Morgan fingerprint density at radius 3 is 2.72 bits per heavy atom. The van der Waals surface area contributed by atoms with Gasteiger partial charge in [0.1, 0.15) is 18.1 Å². The van der Waals surface area contributed by atoms with Crippen molar-refractivity contribution >= 4 is 5.78 Å². The number of rotatable bonds is 2. The molecule has 4 rings (SSSR count). The fourth-order valence-electron chi connectivity index (χ4n) is 4.07. The minimum atomic E-state index is -0.596. The van der Waals surface area contributed by atoms with Gasteiger partial charge in [-0.05, 0) is 14.0 Å². The van der Waals surface area contributed by atoms with Gasteiger partial charge in [-0.2, -0.15) is 0 Å². The number of allylic oxidation sites excluding steroid dienone is 2. The molecule has 4 aliphatic rings. The first-order chi connectivity index (χ1) is 12.0. The van der Waals surface area contributed by atoms with Gasteiger partial charge in [0, 0.05) is 44.4 Å². The number of Topliss-reactive ketones (excluding diaryl/α,β-unsaturated/α-hetero) is 1. The maximum Gasteiger partial charge on any atom is 0.172 e. The Morgan fingerprint density at radius 2 is 2.04 bits per heavy atom. The molecular formula is C18H24FN3O3. The molecule has 0 aromatic carbocycles. The van der Waals surface area contributed by atoms with E-state index in [1.165, 1.54) is 0 Å². The molecule has 3 aliphatic heterocycles. The van der Waals surface area contributed by atoms with Crippen LogP contribution in [0.4, 0.5) is 4.39 Å². The highest BCUT2D eigenvalue weighted by molar-refractivity contribution is 6.00. The van der Waals surface area contributed by atoms with Gasteiger partial charge in [-0.1, -0.05) is 0 Å².